The molecule has 0 radical (unpaired) electrons. The van der Waals surface area contributed by atoms with Crippen LogP contribution in [0.1, 0.15) is 6.23 Å². The molecule has 0 bridgehead atoms. The Bertz CT molecular complexity index is 469. The van der Waals surface area contributed by atoms with Crippen LogP contribution in [-0.2, 0) is 11.8 Å². The van der Waals surface area contributed by atoms with Gasteiger partial charge in [-0.3, -0.25) is 0 Å². The lowest BCUT2D eigenvalue weighted by molar-refractivity contribution is -0.0623. The van der Waals surface area contributed by atoms with Crippen molar-refractivity contribution in [1.29, 1.82) is 0 Å². The summed E-state index contributed by atoms with van der Waals surface area (Å²) in [6.07, 6.45) is -4.52. The van der Waals surface area contributed by atoms with E-state index in [9.17, 15) is 15.0 Å². The molecule has 1 aromatic heterocycles. The lowest BCUT2D eigenvalue weighted by Gasteiger charge is -2.18. The molecule has 0 amide bonds. The van der Waals surface area contributed by atoms with E-state index in [0.29, 0.717) is 0 Å². The summed E-state index contributed by atoms with van der Waals surface area (Å²) in [7, 11) is 1.40. The normalized spacial score (nSPS) is 33.2. The summed E-state index contributed by atoms with van der Waals surface area (Å²) in [5, 5.41) is 28.3. The molecule has 17 heavy (non-hydrogen) atoms. The lowest BCUT2D eigenvalue weighted by Crippen LogP contribution is -2.34. The van der Waals surface area contributed by atoms with Crippen LogP contribution in [0.25, 0.3) is 0 Å². The lowest BCUT2D eigenvalue weighted by atomic mass is 10.1. The summed E-state index contributed by atoms with van der Waals surface area (Å²) in [6, 6.07) is 0. The Labute approximate surface area is 95.6 Å². The van der Waals surface area contributed by atoms with Crippen molar-refractivity contribution in [1.82, 2.24) is 14.3 Å². The third kappa shape index (κ3) is 1.72. The summed E-state index contributed by atoms with van der Waals surface area (Å²) in [4.78, 5) is 14.7. The highest BCUT2D eigenvalue weighted by Crippen LogP contribution is 2.29. The van der Waals surface area contributed by atoms with Crippen molar-refractivity contribution >= 4 is 5.95 Å². The summed E-state index contributed by atoms with van der Waals surface area (Å²) in [5.41, 5.74) is 4.92. The van der Waals surface area contributed by atoms with Gasteiger partial charge in [0.25, 0.3) is 0 Å². The molecule has 1 aromatic rings. The Hall–Kier alpha value is -1.42. The van der Waals surface area contributed by atoms with E-state index in [0.717, 1.165) is 9.36 Å². The van der Waals surface area contributed by atoms with Crippen molar-refractivity contribution in [2.75, 3.05) is 12.3 Å². The molecule has 0 saturated carbocycles. The maximum atomic E-state index is 11.3. The van der Waals surface area contributed by atoms with E-state index in [2.05, 4.69) is 4.98 Å². The van der Waals surface area contributed by atoms with E-state index in [1.54, 1.807) is 0 Å². The van der Waals surface area contributed by atoms with Gasteiger partial charge in [-0.05, 0) is 0 Å². The highest BCUT2D eigenvalue weighted by molar-refractivity contribution is 5.15. The minimum Gasteiger partial charge on any atom is -0.394 e. The van der Waals surface area contributed by atoms with Crippen LogP contribution >= 0.6 is 0 Å². The molecule has 0 unspecified atom stereocenters. The molecule has 9 nitrogen and oxygen atoms in total. The first-order valence-electron chi connectivity index (χ1n) is 5.00. The fraction of sp³-hybridized carbons (Fsp3) is 0.750. The van der Waals surface area contributed by atoms with Crippen LogP contribution in [0.5, 0.6) is 0 Å². The van der Waals surface area contributed by atoms with Gasteiger partial charge in [0.2, 0.25) is 5.95 Å². The minimum absolute atomic E-state index is 0.132. The van der Waals surface area contributed by atoms with Crippen molar-refractivity contribution in [3.05, 3.63) is 10.5 Å². The summed E-state index contributed by atoms with van der Waals surface area (Å²) in [5.74, 6) is -0.132. The second-order valence-electron chi connectivity index (χ2n) is 3.85. The molecular formula is C8H14N4O5. The smallest absolute Gasteiger partial charge is 0.365 e. The molecule has 1 fully saturated rings. The Morgan fingerprint density at radius 2 is 2.12 bits per heavy atom. The van der Waals surface area contributed by atoms with Crippen LogP contribution in [-0.4, -0.2) is 54.6 Å². The number of aromatic nitrogens is 3. The van der Waals surface area contributed by atoms with Crippen molar-refractivity contribution in [3.8, 4) is 0 Å². The Kier molecular flexibility index (Phi) is 2.91. The molecule has 2 rings (SSSR count). The molecule has 1 aliphatic rings. The molecule has 1 aliphatic heterocycles. The van der Waals surface area contributed by atoms with Crippen LogP contribution in [0.2, 0.25) is 0 Å². The van der Waals surface area contributed by atoms with E-state index in [-0.39, 0.29) is 5.95 Å². The minimum atomic E-state index is -1.30. The molecule has 5 N–H and O–H groups in total. The first-order chi connectivity index (χ1) is 7.97. The summed E-state index contributed by atoms with van der Waals surface area (Å²) >= 11 is 0. The molecule has 0 aromatic carbocycles. The van der Waals surface area contributed by atoms with E-state index in [4.69, 9.17) is 15.6 Å². The standard InChI is InChI=1S/C8H14N4O5/c1-11-8(16)10-7(9)12(11)6-5(15)4(14)3(2-13)17-6/h3-6,13-15H,2H2,1H3,(H2,9,10,16)/t3-,4-,5-,6-/m1/s1. The SMILES string of the molecule is Cn1c(=O)nc(N)n1[C@@H]1O[C@H](CO)[C@@H](O)[C@H]1O. The van der Waals surface area contributed by atoms with Gasteiger partial charge < -0.3 is 25.8 Å². The van der Waals surface area contributed by atoms with Gasteiger partial charge in [0.1, 0.15) is 18.3 Å². The highest BCUT2D eigenvalue weighted by atomic mass is 16.6. The Balaban J connectivity index is 2.38. The van der Waals surface area contributed by atoms with Crippen LogP contribution < -0.4 is 11.4 Å². The van der Waals surface area contributed by atoms with Gasteiger partial charge in [-0.2, -0.15) is 4.98 Å². The maximum Gasteiger partial charge on any atom is 0.365 e. The molecular weight excluding hydrogens is 232 g/mol. The zero-order chi connectivity index (χ0) is 12.7. The van der Waals surface area contributed by atoms with Gasteiger partial charge >= 0.3 is 5.69 Å². The summed E-state index contributed by atoms with van der Waals surface area (Å²) < 4.78 is 7.43. The van der Waals surface area contributed by atoms with Crippen molar-refractivity contribution in [3.63, 3.8) is 0 Å². The first-order valence-corrected chi connectivity index (χ1v) is 5.00. The molecule has 1 saturated heterocycles. The van der Waals surface area contributed by atoms with E-state index >= 15 is 0 Å². The van der Waals surface area contributed by atoms with Gasteiger partial charge in [-0.25, -0.2) is 14.2 Å². The monoisotopic (exact) mass is 246 g/mol. The van der Waals surface area contributed by atoms with Crippen molar-refractivity contribution < 1.29 is 20.1 Å². The number of aliphatic hydroxyl groups excluding tert-OH is 3. The van der Waals surface area contributed by atoms with Crippen LogP contribution in [0.3, 0.4) is 0 Å². The molecule has 9 heteroatoms. The highest BCUT2D eigenvalue weighted by Gasteiger charge is 2.44. The first kappa shape index (κ1) is 12.0. The number of nitrogen functional groups attached to an aromatic ring is 1. The van der Waals surface area contributed by atoms with E-state index in [1.807, 2.05) is 0 Å². The van der Waals surface area contributed by atoms with E-state index < -0.39 is 36.8 Å². The number of ether oxygens (including phenoxy) is 1. The third-order valence-electron chi connectivity index (χ3n) is 2.80. The Morgan fingerprint density at radius 3 is 2.53 bits per heavy atom. The molecule has 4 atom stereocenters. The van der Waals surface area contributed by atoms with Crippen LogP contribution in [0.15, 0.2) is 4.79 Å². The fourth-order valence-corrected chi connectivity index (χ4v) is 1.85. The molecule has 0 aliphatic carbocycles. The largest absolute Gasteiger partial charge is 0.394 e. The number of hydrogen-bond acceptors (Lipinski definition) is 7. The topological polar surface area (TPSA) is 136 Å². The fourth-order valence-electron chi connectivity index (χ4n) is 1.85. The molecule has 96 valence electrons. The molecule has 2 heterocycles. The van der Waals surface area contributed by atoms with Gasteiger partial charge in [0, 0.05) is 7.05 Å². The quantitative estimate of drug-likeness (QED) is 0.431. The average Bonchev–Trinajstić information content (AvgIpc) is 2.69. The van der Waals surface area contributed by atoms with Crippen molar-refractivity contribution in [2.24, 2.45) is 7.05 Å². The third-order valence-corrected chi connectivity index (χ3v) is 2.80. The number of aliphatic hydroxyl groups is 3. The second-order valence-corrected chi connectivity index (χ2v) is 3.85. The second kappa shape index (κ2) is 4.11. The predicted molar refractivity (Wildman–Crippen MR) is 54.9 cm³/mol. The number of anilines is 1. The Morgan fingerprint density at radius 1 is 1.47 bits per heavy atom. The molecule has 0 spiro atoms. The maximum absolute atomic E-state index is 11.3. The van der Waals surface area contributed by atoms with Crippen molar-refractivity contribution in [2.45, 2.75) is 24.5 Å². The van der Waals surface area contributed by atoms with Gasteiger partial charge in [0.15, 0.2) is 6.23 Å². The van der Waals surface area contributed by atoms with Crippen LogP contribution in [0.4, 0.5) is 5.95 Å². The van der Waals surface area contributed by atoms with Crippen LogP contribution in [0, 0.1) is 0 Å². The van der Waals surface area contributed by atoms with Gasteiger partial charge in [0.05, 0.1) is 6.61 Å². The number of nitrogens with zero attached hydrogens (tertiary/aromatic N) is 3. The number of nitrogens with two attached hydrogens (primary N) is 1. The van der Waals surface area contributed by atoms with Gasteiger partial charge in [-0.1, -0.05) is 0 Å². The predicted octanol–water partition coefficient (Wildman–Crippen LogP) is -3.22. The number of rotatable bonds is 2. The van der Waals surface area contributed by atoms with Gasteiger partial charge in [-0.15, -0.1) is 0 Å². The zero-order valence-electron chi connectivity index (χ0n) is 9.09. The zero-order valence-corrected chi connectivity index (χ0v) is 9.09. The number of hydrogen-bond donors (Lipinski definition) is 4. The summed E-state index contributed by atoms with van der Waals surface area (Å²) in [6.45, 7) is -0.447. The average molecular weight is 246 g/mol. The van der Waals surface area contributed by atoms with E-state index in [1.165, 1.54) is 7.05 Å².